The molecule has 1 atom stereocenters. The first-order valence-electron chi connectivity index (χ1n) is 10.00. The first kappa shape index (κ1) is 18.0. The fraction of sp³-hybridized carbons (Fsp3) is 0.409. The van der Waals surface area contributed by atoms with Gasteiger partial charge in [0.2, 0.25) is 11.6 Å². The summed E-state index contributed by atoms with van der Waals surface area (Å²) in [5.41, 5.74) is 2.63. The molecule has 0 aliphatic carbocycles. The van der Waals surface area contributed by atoms with Crippen LogP contribution in [0.25, 0.3) is 0 Å². The minimum Gasteiger partial charge on any atom is -0.493 e. The van der Waals surface area contributed by atoms with Crippen LogP contribution in [0.1, 0.15) is 43.4 Å². The Morgan fingerprint density at radius 2 is 1.97 bits per heavy atom. The van der Waals surface area contributed by atoms with Crippen molar-refractivity contribution in [3.05, 3.63) is 53.9 Å². The quantitative estimate of drug-likeness (QED) is 0.786. The van der Waals surface area contributed by atoms with E-state index >= 15 is 0 Å². The van der Waals surface area contributed by atoms with Crippen LogP contribution in [0.15, 0.2) is 47.8 Å². The Bertz CT molecular complexity index is 967. The van der Waals surface area contributed by atoms with Crippen LogP contribution in [-0.2, 0) is 4.79 Å². The van der Waals surface area contributed by atoms with Crippen molar-refractivity contribution in [2.45, 2.75) is 38.0 Å². The minimum absolute atomic E-state index is 0.0842. The Hall–Kier alpha value is -3.09. The molecule has 4 heterocycles. The van der Waals surface area contributed by atoms with E-state index in [-0.39, 0.29) is 11.9 Å². The summed E-state index contributed by atoms with van der Waals surface area (Å²) in [7, 11) is 1.67. The standard InChI is InChI=1S/C22H24N4O3/c1-15(27)25-12-8-22(9-13-25)26-19(14-18(24-26)16-6-10-23-11-7-16)17-4-3-5-20(28-2)21(17)29-22/h3-7,10-11,19H,8-9,12-14H2,1-2H3/t19-/m0/s1. The average molecular weight is 392 g/mol. The first-order chi connectivity index (χ1) is 14.1. The maximum atomic E-state index is 11.9. The molecular formula is C22H24N4O3. The number of hydrazone groups is 1. The molecule has 2 aromatic rings. The molecule has 3 aliphatic rings. The number of benzene rings is 1. The molecule has 29 heavy (non-hydrogen) atoms. The van der Waals surface area contributed by atoms with Crippen LogP contribution in [0.4, 0.5) is 0 Å². The molecule has 1 amide bonds. The summed E-state index contributed by atoms with van der Waals surface area (Å²) in [6.07, 6.45) is 5.79. The highest BCUT2D eigenvalue weighted by Gasteiger charge is 2.52. The maximum Gasteiger partial charge on any atom is 0.219 e. The molecule has 7 nitrogen and oxygen atoms in total. The second-order valence-corrected chi connectivity index (χ2v) is 7.78. The van der Waals surface area contributed by atoms with E-state index in [1.807, 2.05) is 29.2 Å². The molecule has 1 aromatic carbocycles. The molecule has 0 unspecified atom stereocenters. The van der Waals surface area contributed by atoms with Crippen LogP contribution >= 0.6 is 0 Å². The average Bonchev–Trinajstić information content (AvgIpc) is 3.21. The van der Waals surface area contributed by atoms with Gasteiger partial charge in [-0.25, -0.2) is 5.01 Å². The van der Waals surface area contributed by atoms with E-state index in [1.165, 1.54) is 0 Å². The molecule has 0 radical (unpaired) electrons. The van der Waals surface area contributed by atoms with Crippen molar-refractivity contribution in [2.75, 3.05) is 20.2 Å². The molecule has 150 valence electrons. The van der Waals surface area contributed by atoms with Gasteiger partial charge in [-0.2, -0.15) is 5.10 Å². The van der Waals surface area contributed by atoms with Gasteiger partial charge in [-0.05, 0) is 18.2 Å². The lowest BCUT2D eigenvalue weighted by atomic mass is 9.90. The smallest absolute Gasteiger partial charge is 0.219 e. The SMILES string of the molecule is COc1cccc2c1OC1(CCN(C(C)=O)CC1)N1N=C(c3ccncc3)C[C@@H]21. The maximum absolute atomic E-state index is 11.9. The number of para-hydroxylation sites is 1. The van der Waals surface area contributed by atoms with Gasteiger partial charge in [-0.1, -0.05) is 12.1 Å². The summed E-state index contributed by atoms with van der Waals surface area (Å²) in [5, 5.41) is 7.18. The van der Waals surface area contributed by atoms with Crippen LogP contribution in [0.3, 0.4) is 0 Å². The molecule has 1 saturated heterocycles. The highest BCUT2D eigenvalue weighted by Crippen LogP contribution is 2.52. The van der Waals surface area contributed by atoms with Gasteiger partial charge in [0, 0.05) is 62.8 Å². The van der Waals surface area contributed by atoms with E-state index in [0.717, 1.165) is 34.8 Å². The van der Waals surface area contributed by atoms with E-state index in [1.54, 1.807) is 26.4 Å². The van der Waals surface area contributed by atoms with Crippen LogP contribution in [0, 0.1) is 0 Å². The Balaban J connectivity index is 1.58. The van der Waals surface area contributed by atoms with Crippen molar-refractivity contribution < 1.29 is 14.3 Å². The number of hydrogen-bond acceptors (Lipinski definition) is 6. The van der Waals surface area contributed by atoms with Crippen molar-refractivity contribution >= 4 is 11.6 Å². The molecule has 3 aliphatic heterocycles. The van der Waals surface area contributed by atoms with Crippen molar-refractivity contribution in [1.82, 2.24) is 14.9 Å². The van der Waals surface area contributed by atoms with E-state index in [9.17, 15) is 4.79 Å². The van der Waals surface area contributed by atoms with Crippen LogP contribution in [0.5, 0.6) is 11.5 Å². The first-order valence-corrected chi connectivity index (χ1v) is 10.00. The number of carbonyl (C=O) groups excluding carboxylic acids is 1. The van der Waals surface area contributed by atoms with E-state index in [2.05, 4.69) is 16.1 Å². The number of ether oxygens (including phenoxy) is 2. The Morgan fingerprint density at radius 1 is 1.21 bits per heavy atom. The summed E-state index contributed by atoms with van der Waals surface area (Å²) in [4.78, 5) is 17.9. The monoisotopic (exact) mass is 392 g/mol. The molecule has 1 aromatic heterocycles. The second kappa shape index (κ2) is 6.76. The summed E-state index contributed by atoms with van der Waals surface area (Å²) in [6.45, 7) is 2.93. The lowest BCUT2D eigenvalue weighted by Gasteiger charge is -2.51. The predicted octanol–water partition coefficient (Wildman–Crippen LogP) is 2.97. The molecule has 7 heteroatoms. The second-order valence-electron chi connectivity index (χ2n) is 7.78. The number of aromatic nitrogens is 1. The zero-order valence-electron chi connectivity index (χ0n) is 16.7. The van der Waals surface area contributed by atoms with Gasteiger partial charge in [-0.15, -0.1) is 0 Å². The van der Waals surface area contributed by atoms with Gasteiger partial charge in [-0.3, -0.25) is 9.78 Å². The number of rotatable bonds is 2. The van der Waals surface area contributed by atoms with Gasteiger partial charge in [0.25, 0.3) is 0 Å². The van der Waals surface area contributed by atoms with Gasteiger partial charge >= 0.3 is 0 Å². The highest BCUT2D eigenvalue weighted by atomic mass is 16.5. The highest BCUT2D eigenvalue weighted by molar-refractivity contribution is 6.01. The zero-order valence-corrected chi connectivity index (χ0v) is 16.7. The number of piperidine rings is 1. The minimum atomic E-state index is -0.576. The largest absolute Gasteiger partial charge is 0.493 e. The predicted molar refractivity (Wildman–Crippen MR) is 108 cm³/mol. The summed E-state index contributed by atoms with van der Waals surface area (Å²) < 4.78 is 12.3. The summed E-state index contributed by atoms with van der Waals surface area (Å²) in [5.74, 6) is 1.65. The number of pyridine rings is 1. The van der Waals surface area contributed by atoms with Crippen LogP contribution < -0.4 is 9.47 Å². The summed E-state index contributed by atoms with van der Waals surface area (Å²) >= 11 is 0. The van der Waals surface area contributed by atoms with Gasteiger partial charge < -0.3 is 14.4 Å². The third kappa shape index (κ3) is 2.84. The molecule has 1 fully saturated rings. The van der Waals surface area contributed by atoms with Crippen molar-refractivity contribution in [2.24, 2.45) is 5.10 Å². The number of hydrogen-bond donors (Lipinski definition) is 0. The molecule has 1 spiro atoms. The lowest BCUT2D eigenvalue weighted by molar-refractivity contribution is -0.159. The van der Waals surface area contributed by atoms with Gasteiger partial charge in [0.1, 0.15) is 0 Å². The molecule has 0 saturated carbocycles. The van der Waals surface area contributed by atoms with Gasteiger partial charge in [0.05, 0.1) is 18.9 Å². The third-order valence-electron chi connectivity index (χ3n) is 6.21. The molecule has 5 rings (SSSR count). The number of nitrogens with zero attached hydrogens (tertiary/aromatic N) is 4. The third-order valence-corrected chi connectivity index (χ3v) is 6.21. The number of fused-ring (bicyclic) bond motifs is 4. The lowest BCUT2D eigenvalue weighted by Crippen LogP contribution is -2.59. The zero-order chi connectivity index (χ0) is 20.0. The normalized spacial score (nSPS) is 21.9. The number of carbonyl (C=O) groups is 1. The number of amides is 1. The molecule has 0 N–H and O–H groups in total. The Labute approximate surface area is 169 Å². The Kier molecular flexibility index (Phi) is 4.19. The van der Waals surface area contributed by atoms with Crippen molar-refractivity contribution in [3.8, 4) is 11.5 Å². The topological polar surface area (TPSA) is 67.3 Å². The Morgan fingerprint density at radius 3 is 2.66 bits per heavy atom. The summed E-state index contributed by atoms with van der Waals surface area (Å²) in [6, 6.07) is 10.1. The van der Waals surface area contributed by atoms with Crippen molar-refractivity contribution in [1.29, 1.82) is 0 Å². The van der Waals surface area contributed by atoms with E-state index in [4.69, 9.17) is 14.6 Å². The molecular weight excluding hydrogens is 368 g/mol. The fourth-order valence-electron chi connectivity index (χ4n) is 4.65. The molecule has 0 bridgehead atoms. The van der Waals surface area contributed by atoms with Crippen molar-refractivity contribution in [3.63, 3.8) is 0 Å². The van der Waals surface area contributed by atoms with E-state index in [0.29, 0.717) is 25.9 Å². The van der Waals surface area contributed by atoms with Crippen LogP contribution in [0.2, 0.25) is 0 Å². The number of methoxy groups -OCH3 is 1. The van der Waals surface area contributed by atoms with Gasteiger partial charge in [0.15, 0.2) is 11.5 Å². The van der Waals surface area contributed by atoms with Crippen LogP contribution in [-0.4, -0.2) is 52.4 Å². The number of likely N-dealkylation sites (tertiary alicyclic amines) is 1. The van der Waals surface area contributed by atoms with E-state index < -0.39 is 5.72 Å². The fourth-order valence-corrected chi connectivity index (χ4v) is 4.65.